The first-order chi connectivity index (χ1) is 11.5. The Labute approximate surface area is 146 Å². The zero-order valence-electron chi connectivity index (χ0n) is 12.3. The number of carbonyl (C=O) groups excluding carboxylic acids is 1. The van der Waals surface area contributed by atoms with E-state index in [0.717, 1.165) is 19.5 Å². The van der Waals surface area contributed by atoms with Gasteiger partial charge in [-0.15, -0.1) is 0 Å². The summed E-state index contributed by atoms with van der Waals surface area (Å²) >= 11 is 12.2. The molecule has 1 unspecified atom stereocenters. The molecule has 10 heteroatoms. The number of hydrogen-bond donors (Lipinski definition) is 2. The Bertz CT molecular complexity index is 778. The molecule has 0 spiro atoms. The number of amides is 1. The quantitative estimate of drug-likeness (QED) is 0.635. The van der Waals surface area contributed by atoms with E-state index in [0.29, 0.717) is 0 Å². The average Bonchev–Trinajstić information content (AvgIpc) is 3.18. The second-order valence-corrected chi connectivity index (χ2v) is 6.14. The second-order valence-electron chi connectivity index (χ2n) is 5.32. The van der Waals surface area contributed by atoms with Gasteiger partial charge < -0.3 is 10.6 Å². The first-order valence-corrected chi connectivity index (χ1v) is 7.92. The second kappa shape index (κ2) is 6.76. The molecular formula is C14H13Cl2N5O3. The van der Waals surface area contributed by atoms with Crippen molar-refractivity contribution in [2.45, 2.75) is 12.5 Å². The van der Waals surface area contributed by atoms with Crippen molar-refractivity contribution in [1.82, 2.24) is 20.4 Å². The third kappa shape index (κ3) is 3.35. The third-order valence-corrected chi connectivity index (χ3v) is 4.24. The van der Waals surface area contributed by atoms with Gasteiger partial charge in [0.05, 0.1) is 15.0 Å². The molecule has 1 saturated heterocycles. The first-order valence-electron chi connectivity index (χ1n) is 7.17. The molecule has 2 N–H and O–H groups in total. The van der Waals surface area contributed by atoms with Crippen LogP contribution in [0, 0.1) is 10.1 Å². The number of aromatic nitrogens is 2. The van der Waals surface area contributed by atoms with Crippen LogP contribution in [0.5, 0.6) is 0 Å². The number of non-ortho nitro benzene ring substituents is 1. The van der Waals surface area contributed by atoms with Crippen LogP contribution < -0.4 is 10.6 Å². The molecule has 1 amide bonds. The lowest BCUT2D eigenvalue weighted by molar-refractivity contribution is -0.384. The fourth-order valence-corrected chi connectivity index (χ4v) is 3.13. The SMILES string of the molecule is O=C(NC1CCNC1)c1ccn(-c2c(Cl)cc([N+](=O)[O-])cc2Cl)n1. The van der Waals surface area contributed by atoms with E-state index in [9.17, 15) is 14.9 Å². The van der Waals surface area contributed by atoms with Crippen LogP contribution in [0.1, 0.15) is 16.9 Å². The van der Waals surface area contributed by atoms with Crippen molar-refractivity contribution in [1.29, 1.82) is 0 Å². The lowest BCUT2D eigenvalue weighted by atomic mass is 10.2. The van der Waals surface area contributed by atoms with Gasteiger partial charge in [0.15, 0.2) is 5.69 Å². The summed E-state index contributed by atoms with van der Waals surface area (Å²) < 4.78 is 1.33. The Balaban J connectivity index is 1.85. The summed E-state index contributed by atoms with van der Waals surface area (Å²) in [5, 5.41) is 21.2. The molecule has 3 rings (SSSR count). The summed E-state index contributed by atoms with van der Waals surface area (Å²) in [5.41, 5.74) is 0.283. The fraction of sp³-hybridized carbons (Fsp3) is 0.286. The van der Waals surface area contributed by atoms with Crippen LogP contribution in [0.15, 0.2) is 24.4 Å². The van der Waals surface area contributed by atoms with Gasteiger partial charge in [-0.3, -0.25) is 14.9 Å². The van der Waals surface area contributed by atoms with Gasteiger partial charge in [0.25, 0.3) is 11.6 Å². The predicted octanol–water partition coefficient (Wildman–Crippen LogP) is 2.18. The van der Waals surface area contributed by atoms with Crippen LogP contribution in [0.2, 0.25) is 10.0 Å². The Hall–Kier alpha value is -2.16. The van der Waals surface area contributed by atoms with Crippen molar-refractivity contribution < 1.29 is 9.72 Å². The zero-order chi connectivity index (χ0) is 17.3. The van der Waals surface area contributed by atoms with Crippen LogP contribution in [0.4, 0.5) is 5.69 Å². The number of nitrogens with one attached hydrogen (secondary N) is 2. The highest BCUT2D eigenvalue weighted by Crippen LogP contribution is 2.32. The van der Waals surface area contributed by atoms with Crippen LogP contribution in [0.3, 0.4) is 0 Å². The molecule has 1 atom stereocenters. The molecule has 2 heterocycles. The molecule has 1 aromatic carbocycles. The Morgan fingerprint density at radius 3 is 2.71 bits per heavy atom. The van der Waals surface area contributed by atoms with E-state index in [1.807, 2.05) is 0 Å². The molecule has 0 saturated carbocycles. The fourth-order valence-electron chi connectivity index (χ4n) is 2.48. The van der Waals surface area contributed by atoms with Crippen LogP contribution in [0.25, 0.3) is 5.69 Å². The van der Waals surface area contributed by atoms with E-state index in [1.165, 1.54) is 29.1 Å². The van der Waals surface area contributed by atoms with Crippen molar-refractivity contribution in [3.05, 3.63) is 50.2 Å². The Kier molecular flexibility index (Phi) is 4.70. The number of benzene rings is 1. The monoisotopic (exact) mass is 369 g/mol. The van der Waals surface area contributed by atoms with Gasteiger partial charge in [-0.25, -0.2) is 4.68 Å². The number of carbonyl (C=O) groups is 1. The van der Waals surface area contributed by atoms with Crippen LogP contribution in [-0.2, 0) is 0 Å². The lowest BCUT2D eigenvalue weighted by Crippen LogP contribution is -2.36. The summed E-state index contributed by atoms with van der Waals surface area (Å²) in [6.07, 6.45) is 2.40. The molecule has 0 radical (unpaired) electrons. The minimum Gasteiger partial charge on any atom is -0.347 e. The predicted molar refractivity (Wildman–Crippen MR) is 89.0 cm³/mol. The number of rotatable bonds is 4. The molecule has 2 aromatic rings. The highest BCUT2D eigenvalue weighted by atomic mass is 35.5. The average molecular weight is 370 g/mol. The number of nitro groups is 1. The van der Waals surface area contributed by atoms with Crippen molar-refractivity contribution in [2.75, 3.05) is 13.1 Å². The topological polar surface area (TPSA) is 102 Å². The van der Waals surface area contributed by atoms with E-state index in [1.54, 1.807) is 0 Å². The maximum absolute atomic E-state index is 12.2. The minimum absolute atomic E-state index is 0.0734. The number of halogens is 2. The zero-order valence-corrected chi connectivity index (χ0v) is 13.8. The molecule has 0 aliphatic carbocycles. The Morgan fingerprint density at radius 2 is 2.12 bits per heavy atom. The summed E-state index contributed by atoms with van der Waals surface area (Å²) in [6, 6.07) is 3.99. The maximum atomic E-state index is 12.2. The van der Waals surface area contributed by atoms with Crippen molar-refractivity contribution in [2.24, 2.45) is 0 Å². The number of hydrogen-bond acceptors (Lipinski definition) is 5. The molecule has 1 fully saturated rings. The summed E-state index contributed by atoms with van der Waals surface area (Å²) in [6.45, 7) is 1.60. The van der Waals surface area contributed by atoms with Gasteiger partial charge in [-0.2, -0.15) is 5.10 Å². The standard InChI is InChI=1S/C14H13Cl2N5O3/c15-10-5-9(21(23)24)6-11(16)13(10)20-4-2-12(19-20)14(22)18-8-1-3-17-7-8/h2,4-6,8,17H,1,3,7H2,(H,18,22). The summed E-state index contributed by atoms with van der Waals surface area (Å²) in [7, 11) is 0. The number of nitrogens with zero attached hydrogens (tertiary/aromatic N) is 3. The molecule has 1 aliphatic heterocycles. The van der Waals surface area contributed by atoms with E-state index < -0.39 is 4.92 Å². The van der Waals surface area contributed by atoms with E-state index in [2.05, 4.69) is 15.7 Å². The molecule has 1 aromatic heterocycles. The van der Waals surface area contributed by atoms with Crippen LogP contribution >= 0.6 is 23.2 Å². The number of nitro benzene ring substituents is 1. The van der Waals surface area contributed by atoms with Crippen molar-refractivity contribution in [3.8, 4) is 5.69 Å². The highest BCUT2D eigenvalue weighted by Gasteiger charge is 2.21. The smallest absolute Gasteiger partial charge is 0.272 e. The molecule has 8 nitrogen and oxygen atoms in total. The van der Waals surface area contributed by atoms with Crippen molar-refractivity contribution >= 4 is 34.8 Å². The maximum Gasteiger partial charge on any atom is 0.272 e. The largest absolute Gasteiger partial charge is 0.347 e. The van der Waals surface area contributed by atoms with Gasteiger partial charge in [-0.05, 0) is 19.0 Å². The molecule has 0 bridgehead atoms. The van der Waals surface area contributed by atoms with Gasteiger partial charge in [-0.1, -0.05) is 23.2 Å². The lowest BCUT2D eigenvalue weighted by Gasteiger charge is -2.10. The first kappa shape index (κ1) is 16.7. The van der Waals surface area contributed by atoms with E-state index >= 15 is 0 Å². The highest BCUT2D eigenvalue weighted by molar-refractivity contribution is 6.38. The van der Waals surface area contributed by atoms with Gasteiger partial charge in [0.2, 0.25) is 0 Å². The minimum atomic E-state index is -0.584. The Morgan fingerprint density at radius 1 is 1.42 bits per heavy atom. The summed E-state index contributed by atoms with van der Waals surface area (Å²) in [5.74, 6) is -0.295. The van der Waals surface area contributed by atoms with Gasteiger partial charge in [0.1, 0.15) is 5.69 Å². The van der Waals surface area contributed by atoms with Gasteiger partial charge >= 0.3 is 0 Å². The molecule has 1 aliphatic rings. The normalized spacial score (nSPS) is 17.0. The molecular weight excluding hydrogens is 357 g/mol. The molecule has 24 heavy (non-hydrogen) atoms. The van der Waals surface area contributed by atoms with Gasteiger partial charge in [0, 0.05) is 30.9 Å². The summed E-state index contributed by atoms with van der Waals surface area (Å²) in [4.78, 5) is 22.4. The van der Waals surface area contributed by atoms with Crippen LogP contribution in [-0.4, -0.2) is 39.7 Å². The van der Waals surface area contributed by atoms with E-state index in [4.69, 9.17) is 23.2 Å². The van der Waals surface area contributed by atoms with Crippen molar-refractivity contribution in [3.63, 3.8) is 0 Å². The van der Waals surface area contributed by atoms with E-state index in [-0.39, 0.29) is 39.1 Å². The molecule has 126 valence electrons. The third-order valence-electron chi connectivity index (χ3n) is 3.66.